The number of pyridine rings is 1. The van der Waals surface area contributed by atoms with Crippen molar-refractivity contribution in [2.24, 2.45) is 5.92 Å². The van der Waals surface area contributed by atoms with Crippen LogP contribution in [0.5, 0.6) is 0 Å². The number of nitrogens with zero attached hydrogens (tertiary/aromatic N) is 2. The summed E-state index contributed by atoms with van der Waals surface area (Å²) in [5.41, 5.74) is 0.989. The van der Waals surface area contributed by atoms with Crippen LogP contribution in [-0.4, -0.2) is 49.1 Å². The molecule has 2 N–H and O–H groups in total. The van der Waals surface area contributed by atoms with E-state index in [1.165, 1.54) is 6.26 Å². The molecule has 2 aromatic rings. The number of anilines is 2. The first kappa shape index (κ1) is 18.9. The van der Waals surface area contributed by atoms with E-state index < -0.39 is 11.9 Å². The molecule has 0 saturated carbocycles. The number of hydrogen-bond acceptors (Lipinski definition) is 6. The van der Waals surface area contributed by atoms with E-state index in [9.17, 15) is 9.59 Å². The van der Waals surface area contributed by atoms with E-state index in [0.29, 0.717) is 19.0 Å². The van der Waals surface area contributed by atoms with E-state index in [2.05, 4.69) is 20.5 Å². The number of carbonyl (C=O) groups is 2. The quantitative estimate of drug-likeness (QED) is 0.804. The predicted molar refractivity (Wildman–Crippen MR) is 101 cm³/mol. The molecule has 0 radical (unpaired) electrons. The summed E-state index contributed by atoms with van der Waals surface area (Å²) in [6.07, 6.45) is 3.14. The highest BCUT2D eigenvalue weighted by Gasteiger charge is 2.26. The molecule has 0 aliphatic carbocycles. The highest BCUT2D eigenvalue weighted by Crippen LogP contribution is 2.17. The van der Waals surface area contributed by atoms with Crippen LogP contribution in [0.15, 0.2) is 41.1 Å². The number of ether oxygens (including phenoxy) is 1. The van der Waals surface area contributed by atoms with Gasteiger partial charge in [0.1, 0.15) is 11.9 Å². The first-order chi connectivity index (χ1) is 13.0. The van der Waals surface area contributed by atoms with Gasteiger partial charge in [0.15, 0.2) is 5.76 Å². The second kappa shape index (κ2) is 8.68. The molecule has 27 heavy (non-hydrogen) atoms. The minimum atomic E-state index is -0.705. The third kappa shape index (κ3) is 4.85. The number of nitrogens with one attached hydrogen (secondary N) is 2. The van der Waals surface area contributed by atoms with E-state index in [4.69, 9.17) is 9.15 Å². The van der Waals surface area contributed by atoms with Gasteiger partial charge in [0, 0.05) is 13.1 Å². The average molecular weight is 372 g/mol. The number of furan rings is 1. The number of aromatic nitrogens is 1. The van der Waals surface area contributed by atoms with Gasteiger partial charge >= 0.3 is 0 Å². The monoisotopic (exact) mass is 372 g/mol. The summed E-state index contributed by atoms with van der Waals surface area (Å²) in [7, 11) is 0. The number of rotatable bonds is 6. The maximum atomic E-state index is 12.6. The summed E-state index contributed by atoms with van der Waals surface area (Å²) in [4.78, 5) is 31.3. The number of hydrogen-bond donors (Lipinski definition) is 2. The van der Waals surface area contributed by atoms with Crippen molar-refractivity contribution in [3.63, 3.8) is 0 Å². The van der Waals surface area contributed by atoms with Crippen LogP contribution in [0, 0.1) is 5.92 Å². The number of amides is 2. The zero-order valence-corrected chi connectivity index (χ0v) is 15.5. The summed E-state index contributed by atoms with van der Waals surface area (Å²) < 4.78 is 10.4. The highest BCUT2D eigenvalue weighted by atomic mass is 16.5. The summed E-state index contributed by atoms with van der Waals surface area (Å²) >= 11 is 0. The van der Waals surface area contributed by atoms with Gasteiger partial charge in [-0.15, -0.1) is 0 Å². The fraction of sp³-hybridized carbons (Fsp3) is 0.421. The van der Waals surface area contributed by atoms with Crippen LogP contribution < -0.4 is 15.5 Å². The lowest BCUT2D eigenvalue weighted by Gasteiger charge is -2.28. The maximum absolute atomic E-state index is 12.6. The SMILES string of the molecule is CC(C)C(NC(=O)c1ccco1)C(=O)Nc1ccc(N2CCOCC2)cn1. The van der Waals surface area contributed by atoms with Gasteiger partial charge in [-0.2, -0.15) is 0 Å². The van der Waals surface area contributed by atoms with Crippen LogP contribution in [0.1, 0.15) is 24.4 Å². The molecule has 0 spiro atoms. The van der Waals surface area contributed by atoms with Gasteiger partial charge in [-0.05, 0) is 30.2 Å². The Bertz CT molecular complexity index is 753. The molecule has 3 heterocycles. The van der Waals surface area contributed by atoms with E-state index in [1.54, 1.807) is 24.4 Å². The Kier molecular flexibility index (Phi) is 6.08. The second-order valence-corrected chi connectivity index (χ2v) is 6.66. The van der Waals surface area contributed by atoms with E-state index in [-0.39, 0.29) is 17.6 Å². The summed E-state index contributed by atoms with van der Waals surface area (Å²) in [5, 5.41) is 5.47. The Morgan fingerprint density at radius 2 is 1.96 bits per heavy atom. The first-order valence-electron chi connectivity index (χ1n) is 8.98. The number of morpholine rings is 1. The lowest BCUT2D eigenvalue weighted by atomic mass is 10.0. The van der Waals surface area contributed by atoms with Gasteiger partial charge in [-0.1, -0.05) is 13.8 Å². The lowest BCUT2D eigenvalue weighted by Crippen LogP contribution is -2.47. The Labute approximate surface area is 157 Å². The largest absolute Gasteiger partial charge is 0.459 e. The van der Waals surface area contributed by atoms with E-state index in [0.717, 1.165) is 18.8 Å². The van der Waals surface area contributed by atoms with E-state index in [1.807, 2.05) is 19.9 Å². The Morgan fingerprint density at radius 3 is 2.56 bits per heavy atom. The fourth-order valence-electron chi connectivity index (χ4n) is 2.83. The Morgan fingerprint density at radius 1 is 1.19 bits per heavy atom. The molecule has 1 unspecified atom stereocenters. The van der Waals surface area contributed by atoms with Crippen molar-refractivity contribution in [3.05, 3.63) is 42.5 Å². The molecule has 0 bridgehead atoms. The normalized spacial score (nSPS) is 15.4. The van der Waals surface area contributed by atoms with Crippen LogP contribution in [0.2, 0.25) is 0 Å². The zero-order valence-electron chi connectivity index (χ0n) is 15.5. The highest BCUT2D eigenvalue weighted by molar-refractivity contribution is 5.99. The van der Waals surface area contributed by atoms with Crippen molar-refractivity contribution >= 4 is 23.3 Å². The van der Waals surface area contributed by atoms with Crippen molar-refractivity contribution in [1.82, 2.24) is 10.3 Å². The molecule has 144 valence electrons. The maximum Gasteiger partial charge on any atom is 0.287 e. The fourth-order valence-corrected chi connectivity index (χ4v) is 2.83. The molecule has 8 nitrogen and oxygen atoms in total. The summed E-state index contributed by atoms with van der Waals surface area (Å²) in [6, 6.07) is 6.15. The topological polar surface area (TPSA) is 96.7 Å². The van der Waals surface area contributed by atoms with Gasteiger partial charge in [0.05, 0.1) is 31.4 Å². The Hall–Kier alpha value is -2.87. The molecule has 2 amide bonds. The minimum Gasteiger partial charge on any atom is -0.459 e. The lowest BCUT2D eigenvalue weighted by molar-refractivity contribution is -0.118. The van der Waals surface area contributed by atoms with Gasteiger partial charge in [-0.25, -0.2) is 4.98 Å². The standard InChI is InChI=1S/C19H24N4O4/c1-13(2)17(22-18(24)15-4-3-9-27-15)19(25)21-16-6-5-14(12-20-16)23-7-10-26-11-8-23/h3-6,9,12-13,17H,7-8,10-11H2,1-2H3,(H,22,24)(H,20,21,25). The van der Waals surface area contributed by atoms with Crippen LogP contribution in [0.4, 0.5) is 11.5 Å². The van der Waals surface area contributed by atoms with Gasteiger partial charge in [-0.3, -0.25) is 9.59 Å². The van der Waals surface area contributed by atoms with Gasteiger partial charge in [0.2, 0.25) is 5.91 Å². The molecular formula is C19H24N4O4. The van der Waals surface area contributed by atoms with Crippen molar-refractivity contribution in [2.75, 3.05) is 36.5 Å². The molecule has 1 atom stereocenters. The Balaban J connectivity index is 1.62. The summed E-state index contributed by atoms with van der Waals surface area (Å²) in [5.74, 6) is -0.242. The van der Waals surface area contributed by atoms with Crippen LogP contribution in [0.3, 0.4) is 0 Å². The van der Waals surface area contributed by atoms with Crippen molar-refractivity contribution in [3.8, 4) is 0 Å². The van der Waals surface area contributed by atoms with Crippen molar-refractivity contribution in [2.45, 2.75) is 19.9 Å². The molecule has 1 aliphatic rings. The molecule has 2 aromatic heterocycles. The minimum absolute atomic E-state index is 0.100. The molecule has 3 rings (SSSR count). The molecule has 0 aromatic carbocycles. The third-order valence-corrected chi connectivity index (χ3v) is 4.36. The van der Waals surface area contributed by atoms with Gasteiger partial charge < -0.3 is 24.7 Å². The summed E-state index contributed by atoms with van der Waals surface area (Å²) in [6.45, 7) is 6.76. The molecule has 8 heteroatoms. The second-order valence-electron chi connectivity index (χ2n) is 6.66. The molecule has 1 aliphatic heterocycles. The smallest absolute Gasteiger partial charge is 0.287 e. The van der Waals surface area contributed by atoms with Crippen molar-refractivity contribution < 1.29 is 18.7 Å². The van der Waals surface area contributed by atoms with Crippen LogP contribution in [-0.2, 0) is 9.53 Å². The van der Waals surface area contributed by atoms with Crippen molar-refractivity contribution in [1.29, 1.82) is 0 Å². The molecule has 1 fully saturated rings. The average Bonchev–Trinajstić information content (AvgIpc) is 3.22. The number of carbonyl (C=O) groups excluding carboxylic acids is 2. The van der Waals surface area contributed by atoms with Crippen LogP contribution >= 0.6 is 0 Å². The van der Waals surface area contributed by atoms with Gasteiger partial charge in [0.25, 0.3) is 5.91 Å². The third-order valence-electron chi connectivity index (χ3n) is 4.36. The molecular weight excluding hydrogens is 348 g/mol. The molecule has 1 saturated heterocycles. The van der Waals surface area contributed by atoms with E-state index >= 15 is 0 Å². The zero-order chi connectivity index (χ0) is 19.2. The first-order valence-corrected chi connectivity index (χ1v) is 8.98. The predicted octanol–water partition coefficient (Wildman–Crippen LogP) is 1.90. The van der Waals surface area contributed by atoms with Crippen LogP contribution in [0.25, 0.3) is 0 Å².